The summed E-state index contributed by atoms with van der Waals surface area (Å²) in [6.07, 6.45) is 7.40. The normalized spacial score (nSPS) is 11.3. The summed E-state index contributed by atoms with van der Waals surface area (Å²) in [5.41, 5.74) is 1.03. The largest absolute Gasteiger partial charge is 0.467 e. The minimum atomic E-state index is -0.665. The third-order valence-electron chi connectivity index (χ3n) is 3.91. The van der Waals surface area contributed by atoms with Crippen LogP contribution in [0.5, 0.6) is 0 Å². The van der Waals surface area contributed by atoms with Gasteiger partial charge in [-0.25, -0.2) is 4.79 Å². The molecule has 0 aliphatic heterocycles. The number of amides is 2. The van der Waals surface area contributed by atoms with Crippen molar-refractivity contribution >= 4 is 23.5 Å². The first-order chi connectivity index (χ1) is 12.5. The maximum Gasteiger partial charge on any atom is 0.328 e. The van der Waals surface area contributed by atoms with Gasteiger partial charge in [-0.3, -0.25) is 9.59 Å². The molecule has 0 aliphatic rings. The van der Waals surface area contributed by atoms with E-state index in [0.717, 1.165) is 32.1 Å². The molecule has 26 heavy (non-hydrogen) atoms. The quantitative estimate of drug-likeness (QED) is 0.360. The number of anilines is 1. The molecule has 142 valence electrons. The zero-order chi connectivity index (χ0) is 19.4. The summed E-state index contributed by atoms with van der Waals surface area (Å²) < 4.78 is 4.79. The Balaban J connectivity index is 2.57. The van der Waals surface area contributed by atoms with Gasteiger partial charge < -0.3 is 15.4 Å². The predicted molar refractivity (Wildman–Crippen MR) is 102 cm³/mol. The van der Waals surface area contributed by atoms with E-state index in [9.17, 15) is 14.4 Å². The second-order valence-corrected chi connectivity index (χ2v) is 6.09. The van der Waals surface area contributed by atoms with Gasteiger partial charge in [-0.2, -0.15) is 0 Å². The van der Waals surface area contributed by atoms with Gasteiger partial charge >= 0.3 is 5.97 Å². The Kier molecular flexibility index (Phi) is 9.75. The molecule has 0 heterocycles. The van der Waals surface area contributed by atoms with Crippen molar-refractivity contribution < 1.29 is 19.1 Å². The molecule has 0 unspecified atom stereocenters. The molecule has 6 nitrogen and oxygen atoms in total. The van der Waals surface area contributed by atoms with Crippen LogP contribution in [0.1, 0.15) is 55.8 Å². The number of hydrogen-bond donors (Lipinski definition) is 2. The predicted octanol–water partition coefficient (Wildman–Crippen LogP) is 3.44. The molecule has 1 rings (SSSR count). The zero-order valence-corrected chi connectivity index (χ0v) is 15.5. The van der Waals surface area contributed by atoms with Crippen LogP contribution in [0.3, 0.4) is 0 Å². The van der Waals surface area contributed by atoms with Crippen molar-refractivity contribution in [2.24, 2.45) is 0 Å². The van der Waals surface area contributed by atoms with Crippen molar-refractivity contribution in [3.63, 3.8) is 0 Å². The van der Waals surface area contributed by atoms with E-state index in [1.165, 1.54) is 14.0 Å². The molecule has 0 fully saturated rings. The number of methoxy groups -OCH3 is 1. The van der Waals surface area contributed by atoms with E-state index >= 15 is 0 Å². The smallest absolute Gasteiger partial charge is 0.328 e. The SMILES string of the molecule is C=CCCCCCC[C@H](NC(=O)c1ccc(NC(C)=O)cc1)C(=O)OC. The number of carbonyl (C=O) groups excluding carboxylic acids is 3. The van der Waals surface area contributed by atoms with Crippen LogP contribution in [-0.2, 0) is 14.3 Å². The monoisotopic (exact) mass is 360 g/mol. The molecule has 2 N–H and O–H groups in total. The van der Waals surface area contributed by atoms with Crippen molar-refractivity contribution in [3.8, 4) is 0 Å². The van der Waals surface area contributed by atoms with Crippen molar-refractivity contribution in [1.82, 2.24) is 5.32 Å². The Labute approximate surface area is 155 Å². The number of rotatable bonds is 11. The van der Waals surface area contributed by atoms with Gasteiger partial charge in [-0.15, -0.1) is 6.58 Å². The van der Waals surface area contributed by atoms with Crippen LogP contribution >= 0.6 is 0 Å². The first kappa shape index (κ1) is 21.4. The Morgan fingerprint density at radius 1 is 1.12 bits per heavy atom. The Morgan fingerprint density at radius 3 is 2.35 bits per heavy atom. The summed E-state index contributed by atoms with van der Waals surface area (Å²) >= 11 is 0. The van der Waals surface area contributed by atoms with Gasteiger partial charge in [0, 0.05) is 18.2 Å². The highest BCUT2D eigenvalue weighted by Gasteiger charge is 2.21. The molecule has 0 radical (unpaired) electrons. The van der Waals surface area contributed by atoms with E-state index in [0.29, 0.717) is 17.7 Å². The summed E-state index contributed by atoms with van der Waals surface area (Å²) in [6.45, 7) is 5.11. The van der Waals surface area contributed by atoms with Gasteiger partial charge in [0.2, 0.25) is 5.91 Å². The topological polar surface area (TPSA) is 84.5 Å². The van der Waals surface area contributed by atoms with E-state index in [4.69, 9.17) is 4.74 Å². The molecule has 1 aromatic rings. The fourth-order valence-corrected chi connectivity index (χ4v) is 2.53. The van der Waals surface area contributed by atoms with Gasteiger partial charge in [0.05, 0.1) is 7.11 Å². The number of allylic oxidation sites excluding steroid dienone is 1. The van der Waals surface area contributed by atoms with Crippen molar-refractivity contribution in [2.45, 2.75) is 51.5 Å². The van der Waals surface area contributed by atoms with Crippen LogP contribution in [-0.4, -0.2) is 30.9 Å². The minimum absolute atomic E-state index is 0.180. The number of unbranched alkanes of at least 4 members (excludes halogenated alkanes) is 4. The van der Waals surface area contributed by atoms with Gasteiger partial charge in [0.15, 0.2) is 0 Å². The van der Waals surface area contributed by atoms with Crippen LogP contribution in [0.25, 0.3) is 0 Å². The lowest BCUT2D eigenvalue weighted by atomic mass is 10.1. The fraction of sp³-hybridized carbons (Fsp3) is 0.450. The molecule has 0 saturated heterocycles. The van der Waals surface area contributed by atoms with E-state index in [1.807, 2.05) is 6.08 Å². The molecule has 0 bridgehead atoms. The van der Waals surface area contributed by atoms with Gasteiger partial charge in [0.1, 0.15) is 6.04 Å². The molecule has 0 aliphatic carbocycles. The van der Waals surface area contributed by atoms with Gasteiger partial charge in [-0.05, 0) is 43.5 Å². The highest BCUT2D eigenvalue weighted by atomic mass is 16.5. The molecule has 2 amide bonds. The van der Waals surface area contributed by atoms with Gasteiger partial charge in [0.25, 0.3) is 5.91 Å². The zero-order valence-electron chi connectivity index (χ0n) is 15.5. The minimum Gasteiger partial charge on any atom is -0.467 e. The second kappa shape index (κ2) is 11.8. The first-order valence-corrected chi connectivity index (χ1v) is 8.85. The number of hydrogen-bond acceptors (Lipinski definition) is 4. The molecule has 0 saturated carbocycles. The lowest BCUT2D eigenvalue weighted by Gasteiger charge is -2.16. The fourth-order valence-electron chi connectivity index (χ4n) is 2.53. The summed E-state index contributed by atoms with van der Waals surface area (Å²) in [5, 5.41) is 5.37. The van der Waals surface area contributed by atoms with Crippen LogP contribution in [0.15, 0.2) is 36.9 Å². The highest BCUT2D eigenvalue weighted by molar-refractivity contribution is 5.97. The van der Waals surface area contributed by atoms with Crippen LogP contribution < -0.4 is 10.6 Å². The van der Waals surface area contributed by atoms with Gasteiger partial charge in [-0.1, -0.05) is 25.3 Å². The number of ether oxygens (including phenoxy) is 1. The molecule has 0 aromatic heterocycles. The van der Waals surface area contributed by atoms with E-state index in [2.05, 4.69) is 17.2 Å². The second-order valence-electron chi connectivity index (χ2n) is 6.09. The highest BCUT2D eigenvalue weighted by Crippen LogP contribution is 2.12. The molecule has 1 atom stereocenters. The van der Waals surface area contributed by atoms with Crippen molar-refractivity contribution in [2.75, 3.05) is 12.4 Å². The average molecular weight is 360 g/mol. The summed E-state index contributed by atoms with van der Waals surface area (Å²) in [4.78, 5) is 35.3. The van der Waals surface area contributed by atoms with E-state index in [-0.39, 0.29) is 11.8 Å². The summed E-state index contributed by atoms with van der Waals surface area (Å²) in [6, 6.07) is 5.82. The third kappa shape index (κ3) is 7.96. The van der Waals surface area contributed by atoms with Crippen molar-refractivity contribution in [1.29, 1.82) is 0 Å². The Hall–Kier alpha value is -2.63. The van der Waals surface area contributed by atoms with E-state index < -0.39 is 12.0 Å². The number of esters is 1. The lowest BCUT2D eigenvalue weighted by Crippen LogP contribution is -2.41. The average Bonchev–Trinajstić information content (AvgIpc) is 2.62. The summed E-state index contributed by atoms with van der Waals surface area (Å²) in [7, 11) is 1.31. The number of benzene rings is 1. The Bertz CT molecular complexity index is 611. The molecule has 1 aromatic carbocycles. The Morgan fingerprint density at radius 2 is 1.77 bits per heavy atom. The maximum absolute atomic E-state index is 12.4. The number of carbonyl (C=O) groups is 3. The van der Waals surface area contributed by atoms with Crippen molar-refractivity contribution in [3.05, 3.63) is 42.5 Å². The van der Waals surface area contributed by atoms with Crippen LogP contribution in [0, 0.1) is 0 Å². The summed E-state index contributed by atoms with van der Waals surface area (Å²) in [5.74, 6) is -0.971. The van der Waals surface area contributed by atoms with Crippen LogP contribution in [0.4, 0.5) is 5.69 Å². The third-order valence-corrected chi connectivity index (χ3v) is 3.91. The van der Waals surface area contributed by atoms with E-state index in [1.54, 1.807) is 24.3 Å². The molecule has 0 spiro atoms. The molecular weight excluding hydrogens is 332 g/mol. The molecular formula is C20H28N2O4. The number of nitrogens with one attached hydrogen (secondary N) is 2. The first-order valence-electron chi connectivity index (χ1n) is 8.85. The maximum atomic E-state index is 12.4. The molecule has 6 heteroatoms. The standard InChI is InChI=1S/C20H28N2O4/c1-4-5-6-7-8-9-10-18(20(25)26-3)22-19(24)16-11-13-17(14-12-16)21-15(2)23/h4,11-14,18H,1,5-10H2,2-3H3,(H,21,23)(H,22,24)/t18-/m0/s1. The lowest BCUT2D eigenvalue weighted by molar-refractivity contribution is -0.143. The van der Waals surface area contributed by atoms with Crippen LogP contribution in [0.2, 0.25) is 0 Å².